The van der Waals surface area contributed by atoms with Gasteiger partial charge in [-0.25, -0.2) is 0 Å². The van der Waals surface area contributed by atoms with Crippen LogP contribution in [0.4, 0.5) is 0 Å². The summed E-state index contributed by atoms with van der Waals surface area (Å²) in [6, 6.07) is 0. The van der Waals surface area contributed by atoms with Crippen LogP contribution in [0.5, 0.6) is 0 Å². The molecule has 2 atom stereocenters. The van der Waals surface area contributed by atoms with Crippen molar-refractivity contribution in [2.45, 2.75) is 5.25 Å². The molecule has 0 spiro atoms. The highest BCUT2D eigenvalue weighted by molar-refractivity contribution is 7.99. The molecule has 0 radical (unpaired) electrons. The lowest BCUT2D eigenvalue weighted by atomic mass is 9.98. The summed E-state index contributed by atoms with van der Waals surface area (Å²) in [6.45, 7) is 0. The predicted molar refractivity (Wildman–Crippen MR) is 67.6 cm³/mol. The molecule has 0 aliphatic heterocycles. The summed E-state index contributed by atoms with van der Waals surface area (Å²) in [5.41, 5.74) is 0. The second-order valence-electron chi connectivity index (χ2n) is 4.32. The van der Waals surface area contributed by atoms with Crippen LogP contribution in [-0.4, -0.2) is 11.5 Å². The molecule has 1 saturated carbocycles. The third-order valence-corrected chi connectivity index (χ3v) is 4.58. The third-order valence-electron chi connectivity index (χ3n) is 3.51. The molecule has 0 nitrogen and oxygen atoms in total. The van der Waals surface area contributed by atoms with E-state index >= 15 is 0 Å². The Morgan fingerprint density at radius 3 is 2.13 bits per heavy atom. The van der Waals surface area contributed by atoms with E-state index in [-0.39, 0.29) is 0 Å². The van der Waals surface area contributed by atoms with Crippen molar-refractivity contribution in [2.75, 3.05) is 6.26 Å². The quantitative estimate of drug-likeness (QED) is 0.650. The van der Waals surface area contributed by atoms with Crippen LogP contribution in [0, 0.1) is 23.7 Å². The standard InChI is InChI=1S/C14H15S/c1-15-14-12(10-6-2-3-7-10)13(14)11-8-4-5-9-11/h2-12,14H,1H3/q+1. The molecule has 0 heterocycles. The van der Waals surface area contributed by atoms with Crippen LogP contribution in [0.15, 0.2) is 48.6 Å². The molecule has 15 heavy (non-hydrogen) atoms. The number of hydrogen-bond acceptors (Lipinski definition) is 1. The highest BCUT2D eigenvalue weighted by atomic mass is 32.2. The van der Waals surface area contributed by atoms with Gasteiger partial charge in [-0.2, -0.15) is 0 Å². The fraction of sp³-hybridized carbons (Fsp3) is 0.357. The van der Waals surface area contributed by atoms with Gasteiger partial charge in [-0.3, -0.25) is 0 Å². The number of hydrogen-bond donors (Lipinski definition) is 0. The van der Waals surface area contributed by atoms with Crippen LogP contribution in [0.25, 0.3) is 0 Å². The van der Waals surface area contributed by atoms with Crippen molar-refractivity contribution in [1.29, 1.82) is 0 Å². The van der Waals surface area contributed by atoms with Crippen molar-refractivity contribution in [2.24, 2.45) is 17.8 Å². The summed E-state index contributed by atoms with van der Waals surface area (Å²) < 4.78 is 0. The molecule has 1 fully saturated rings. The van der Waals surface area contributed by atoms with E-state index in [1.807, 2.05) is 11.8 Å². The Morgan fingerprint density at radius 2 is 1.53 bits per heavy atom. The Balaban J connectivity index is 1.74. The highest BCUT2D eigenvalue weighted by Gasteiger charge is 2.68. The van der Waals surface area contributed by atoms with Gasteiger partial charge in [0.1, 0.15) is 11.8 Å². The van der Waals surface area contributed by atoms with E-state index in [9.17, 15) is 0 Å². The number of thioether (sulfide) groups is 1. The first-order valence-electron chi connectivity index (χ1n) is 5.51. The van der Waals surface area contributed by atoms with Crippen LogP contribution < -0.4 is 0 Å². The topological polar surface area (TPSA) is 0 Å². The third kappa shape index (κ3) is 1.50. The van der Waals surface area contributed by atoms with Gasteiger partial charge in [0.15, 0.2) is 11.2 Å². The SMILES string of the molecule is CSC1[C+](C2C=CC=C2)C1C1C=CC=C1. The largest absolute Gasteiger partial charge is 0.190 e. The minimum atomic E-state index is 0.620. The zero-order valence-electron chi connectivity index (χ0n) is 8.84. The van der Waals surface area contributed by atoms with Crippen molar-refractivity contribution in [3.8, 4) is 0 Å². The molecule has 0 aromatic carbocycles. The molecular weight excluding hydrogens is 200 g/mol. The van der Waals surface area contributed by atoms with Crippen LogP contribution in [0.1, 0.15) is 0 Å². The van der Waals surface area contributed by atoms with E-state index in [0.29, 0.717) is 11.8 Å². The van der Waals surface area contributed by atoms with Gasteiger partial charge < -0.3 is 0 Å². The van der Waals surface area contributed by atoms with Gasteiger partial charge in [0.05, 0.1) is 0 Å². The first kappa shape index (κ1) is 9.41. The van der Waals surface area contributed by atoms with Crippen molar-refractivity contribution in [3.63, 3.8) is 0 Å². The van der Waals surface area contributed by atoms with E-state index in [4.69, 9.17) is 0 Å². The molecule has 3 rings (SSSR count). The second-order valence-corrected chi connectivity index (χ2v) is 5.30. The van der Waals surface area contributed by atoms with Gasteiger partial charge in [-0.1, -0.05) is 36.5 Å². The van der Waals surface area contributed by atoms with Crippen molar-refractivity contribution in [3.05, 3.63) is 54.5 Å². The Morgan fingerprint density at radius 1 is 0.933 bits per heavy atom. The summed E-state index contributed by atoms with van der Waals surface area (Å²) in [7, 11) is 0. The Hall–Kier alpha value is -0.820. The molecule has 0 aromatic rings. The van der Waals surface area contributed by atoms with Gasteiger partial charge in [-0.15, -0.1) is 11.8 Å². The molecule has 0 aromatic heterocycles. The van der Waals surface area contributed by atoms with Gasteiger partial charge in [-0.05, 0) is 18.4 Å². The summed E-state index contributed by atoms with van der Waals surface area (Å²) in [6.07, 6.45) is 20.2. The number of rotatable bonds is 3. The molecule has 3 aliphatic rings. The minimum absolute atomic E-state index is 0.620. The van der Waals surface area contributed by atoms with Crippen LogP contribution >= 0.6 is 11.8 Å². The van der Waals surface area contributed by atoms with Gasteiger partial charge >= 0.3 is 0 Å². The summed E-state index contributed by atoms with van der Waals surface area (Å²) in [5, 5.41) is 0.778. The lowest BCUT2D eigenvalue weighted by Gasteiger charge is -1.96. The van der Waals surface area contributed by atoms with Crippen molar-refractivity contribution < 1.29 is 0 Å². The van der Waals surface area contributed by atoms with E-state index in [2.05, 4.69) is 54.9 Å². The normalized spacial score (nSPS) is 33.5. The molecule has 3 aliphatic carbocycles. The maximum atomic E-state index is 2.34. The fourth-order valence-corrected chi connectivity index (χ4v) is 3.88. The van der Waals surface area contributed by atoms with Gasteiger partial charge in [0, 0.05) is 5.92 Å². The molecule has 0 amide bonds. The summed E-state index contributed by atoms with van der Waals surface area (Å²) in [5.74, 6) is 3.80. The Labute approximate surface area is 95.8 Å². The number of allylic oxidation sites excluding steroid dienone is 8. The lowest BCUT2D eigenvalue weighted by molar-refractivity contribution is 0.690. The van der Waals surface area contributed by atoms with E-state index < -0.39 is 0 Å². The summed E-state index contributed by atoms with van der Waals surface area (Å²) >= 11 is 2.01. The van der Waals surface area contributed by atoms with E-state index in [1.165, 1.54) is 0 Å². The predicted octanol–water partition coefficient (Wildman–Crippen LogP) is 3.41. The first-order valence-corrected chi connectivity index (χ1v) is 6.80. The smallest absolute Gasteiger partial charge is 0.109 e. The van der Waals surface area contributed by atoms with Gasteiger partial charge in [0.2, 0.25) is 0 Å². The van der Waals surface area contributed by atoms with Gasteiger partial charge in [0.25, 0.3) is 0 Å². The van der Waals surface area contributed by atoms with E-state index in [1.54, 1.807) is 5.92 Å². The van der Waals surface area contributed by atoms with E-state index in [0.717, 1.165) is 11.2 Å². The molecule has 0 N–H and O–H groups in total. The zero-order chi connectivity index (χ0) is 10.3. The Kier molecular flexibility index (Phi) is 2.28. The molecule has 0 saturated heterocycles. The zero-order valence-corrected chi connectivity index (χ0v) is 9.65. The average Bonchev–Trinajstić information content (AvgIpc) is 2.75. The highest BCUT2D eigenvalue weighted by Crippen LogP contribution is 2.59. The monoisotopic (exact) mass is 215 g/mol. The molecular formula is C14H15S+. The lowest BCUT2D eigenvalue weighted by Crippen LogP contribution is -1.99. The maximum Gasteiger partial charge on any atom is 0.190 e. The minimum Gasteiger partial charge on any atom is -0.109 e. The Bertz CT molecular complexity index is 304. The second kappa shape index (κ2) is 3.64. The van der Waals surface area contributed by atoms with Crippen molar-refractivity contribution in [1.82, 2.24) is 0 Å². The average molecular weight is 215 g/mol. The van der Waals surface area contributed by atoms with Crippen molar-refractivity contribution >= 4 is 11.8 Å². The molecule has 2 unspecified atom stereocenters. The van der Waals surface area contributed by atoms with Crippen LogP contribution in [0.2, 0.25) is 0 Å². The van der Waals surface area contributed by atoms with Crippen LogP contribution in [-0.2, 0) is 0 Å². The first-order chi connectivity index (χ1) is 7.42. The fourth-order valence-electron chi connectivity index (χ4n) is 2.74. The van der Waals surface area contributed by atoms with Crippen LogP contribution in [0.3, 0.4) is 0 Å². The molecule has 1 heteroatoms. The molecule has 0 bridgehead atoms. The molecule has 76 valence electrons. The summed E-state index contributed by atoms with van der Waals surface area (Å²) in [4.78, 5) is 0. The maximum absolute atomic E-state index is 2.34.